The molecule has 0 spiro atoms. The molecule has 0 aliphatic carbocycles. The molecule has 1 amide bonds. The first kappa shape index (κ1) is 21.1. The van der Waals surface area contributed by atoms with Gasteiger partial charge in [0.05, 0.1) is 5.57 Å². The van der Waals surface area contributed by atoms with Crippen molar-refractivity contribution >= 4 is 57.1 Å². The van der Waals surface area contributed by atoms with E-state index in [-0.39, 0.29) is 11.9 Å². The number of guanidine groups is 1. The van der Waals surface area contributed by atoms with Crippen LogP contribution in [0.2, 0.25) is 5.02 Å². The van der Waals surface area contributed by atoms with Crippen molar-refractivity contribution in [3.05, 3.63) is 75.4 Å². The SMILES string of the molecule is CC1=C(C(=O)Nc2nncs2)C(c2ccc(C)cc2Cl)N=C(Nc2nc3ccccc3o2)N1. The summed E-state index contributed by atoms with van der Waals surface area (Å²) in [6, 6.07) is 12.7. The number of aliphatic imine (C=N–C) groups is 1. The maximum Gasteiger partial charge on any atom is 0.302 e. The Bertz CT molecular complexity index is 1380. The highest BCUT2D eigenvalue weighted by molar-refractivity contribution is 7.13. The molecule has 5 rings (SSSR count). The van der Waals surface area contributed by atoms with E-state index in [9.17, 15) is 4.79 Å². The zero-order chi connectivity index (χ0) is 22.9. The monoisotopic (exact) mass is 479 g/mol. The summed E-state index contributed by atoms with van der Waals surface area (Å²) in [5, 5.41) is 17.5. The normalized spacial score (nSPS) is 15.8. The largest absolute Gasteiger partial charge is 0.423 e. The maximum absolute atomic E-state index is 13.2. The molecule has 1 aliphatic rings. The van der Waals surface area contributed by atoms with Crippen molar-refractivity contribution in [3.8, 4) is 0 Å². The predicted molar refractivity (Wildman–Crippen MR) is 128 cm³/mol. The van der Waals surface area contributed by atoms with E-state index in [1.165, 1.54) is 11.3 Å². The number of benzene rings is 2. The Labute approximate surface area is 197 Å². The summed E-state index contributed by atoms with van der Waals surface area (Å²) in [5.41, 5.74) is 5.64. The smallest absolute Gasteiger partial charge is 0.302 e. The van der Waals surface area contributed by atoms with Crippen LogP contribution in [0.5, 0.6) is 0 Å². The first-order valence-corrected chi connectivity index (χ1v) is 11.3. The number of carbonyl (C=O) groups is 1. The van der Waals surface area contributed by atoms with Crippen LogP contribution >= 0.6 is 22.9 Å². The predicted octanol–water partition coefficient (Wildman–Crippen LogP) is 4.67. The van der Waals surface area contributed by atoms with Gasteiger partial charge in [0.1, 0.15) is 17.1 Å². The number of rotatable bonds is 4. The molecule has 3 heterocycles. The molecule has 2 aromatic heterocycles. The molecule has 166 valence electrons. The molecule has 33 heavy (non-hydrogen) atoms. The molecule has 9 nitrogen and oxygen atoms in total. The second-order valence-corrected chi connectivity index (χ2v) is 8.62. The van der Waals surface area contributed by atoms with Crippen LogP contribution in [0.25, 0.3) is 11.1 Å². The van der Waals surface area contributed by atoms with E-state index in [2.05, 4.69) is 31.1 Å². The Morgan fingerprint density at radius 3 is 2.82 bits per heavy atom. The summed E-state index contributed by atoms with van der Waals surface area (Å²) in [6.07, 6.45) is 0. The van der Waals surface area contributed by atoms with Gasteiger partial charge in [0, 0.05) is 16.3 Å². The van der Waals surface area contributed by atoms with Gasteiger partial charge in [-0.15, -0.1) is 10.2 Å². The quantitative estimate of drug-likeness (QED) is 0.389. The van der Waals surface area contributed by atoms with Crippen molar-refractivity contribution in [2.24, 2.45) is 4.99 Å². The fraction of sp³-hybridized carbons (Fsp3) is 0.136. The number of nitrogens with one attached hydrogen (secondary N) is 3. The van der Waals surface area contributed by atoms with Crippen molar-refractivity contribution in [3.63, 3.8) is 0 Å². The number of aryl methyl sites for hydroxylation is 1. The van der Waals surface area contributed by atoms with Crippen LogP contribution in [-0.4, -0.2) is 27.0 Å². The van der Waals surface area contributed by atoms with Gasteiger partial charge in [-0.3, -0.25) is 15.4 Å². The minimum absolute atomic E-state index is 0.283. The lowest BCUT2D eigenvalue weighted by molar-refractivity contribution is -0.113. The number of anilines is 2. The third kappa shape index (κ3) is 4.30. The Balaban J connectivity index is 1.51. The van der Waals surface area contributed by atoms with Gasteiger partial charge in [0.15, 0.2) is 5.58 Å². The molecule has 1 atom stereocenters. The van der Waals surface area contributed by atoms with E-state index in [1.807, 2.05) is 49.4 Å². The number of carbonyl (C=O) groups excluding carboxylic acids is 1. The molecule has 0 saturated heterocycles. The van der Waals surface area contributed by atoms with Crippen molar-refractivity contribution in [1.29, 1.82) is 0 Å². The Morgan fingerprint density at radius 1 is 1.21 bits per heavy atom. The Morgan fingerprint density at radius 2 is 2.06 bits per heavy atom. The van der Waals surface area contributed by atoms with Gasteiger partial charge in [0.2, 0.25) is 11.1 Å². The van der Waals surface area contributed by atoms with Gasteiger partial charge in [-0.2, -0.15) is 4.98 Å². The number of fused-ring (bicyclic) bond motifs is 1. The molecule has 1 aliphatic heterocycles. The van der Waals surface area contributed by atoms with E-state index in [1.54, 1.807) is 12.4 Å². The second-order valence-electron chi connectivity index (χ2n) is 7.38. The highest BCUT2D eigenvalue weighted by Crippen LogP contribution is 2.36. The first-order chi connectivity index (χ1) is 16.0. The molecule has 0 bridgehead atoms. The lowest BCUT2D eigenvalue weighted by atomic mass is 9.95. The molecule has 0 radical (unpaired) electrons. The van der Waals surface area contributed by atoms with Gasteiger partial charge >= 0.3 is 6.01 Å². The third-order valence-electron chi connectivity index (χ3n) is 5.04. The summed E-state index contributed by atoms with van der Waals surface area (Å²) in [5.74, 6) is 0.0382. The molecule has 0 saturated carbocycles. The van der Waals surface area contributed by atoms with Crippen LogP contribution in [0.4, 0.5) is 11.1 Å². The van der Waals surface area contributed by atoms with Crippen LogP contribution in [0.1, 0.15) is 24.1 Å². The van der Waals surface area contributed by atoms with Crippen LogP contribution in [0, 0.1) is 6.92 Å². The van der Waals surface area contributed by atoms with E-state index < -0.39 is 6.04 Å². The molecule has 3 N–H and O–H groups in total. The number of allylic oxidation sites excluding steroid dienone is 1. The molecule has 2 aromatic carbocycles. The number of oxazole rings is 1. The minimum Gasteiger partial charge on any atom is -0.423 e. The Kier molecular flexibility index (Phi) is 5.53. The Hall–Kier alpha value is -3.76. The summed E-state index contributed by atoms with van der Waals surface area (Å²) < 4.78 is 5.75. The maximum atomic E-state index is 13.2. The van der Waals surface area contributed by atoms with E-state index in [4.69, 9.17) is 21.0 Å². The zero-order valence-electron chi connectivity index (χ0n) is 17.6. The van der Waals surface area contributed by atoms with Crippen molar-refractivity contribution in [2.75, 3.05) is 10.6 Å². The summed E-state index contributed by atoms with van der Waals surface area (Å²) in [4.78, 5) is 22.4. The standard InChI is InChI=1S/C22H18ClN7O2S/c1-11-7-8-13(14(23)9-11)18-17(19(31)28-22-30-24-10-33-22)12(2)25-20(27-18)29-21-26-15-5-3-4-6-16(15)32-21/h3-10,18H,1-2H3,(H,28,30,31)(H2,25,26,27,29). The van der Waals surface area contributed by atoms with Crippen LogP contribution in [0.3, 0.4) is 0 Å². The lowest BCUT2D eigenvalue weighted by Crippen LogP contribution is -2.37. The average Bonchev–Trinajstić information content (AvgIpc) is 3.42. The third-order valence-corrected chi connectivity index (χ3v) is 5.97. The van der Waals surface area contributed by atoms with Gasteiger partial charge in [-0.05, 0) is 37.6 Å². The number of para-hydroxylation sites is 2. The average molecular weight is 480 g/mol. The number of amides is 1. The molecule has 11 heteroatoms. The van der Waals surface area contributed by atoms with E-state index >= 15 is 0 Å². The zero-order valence-corrected chi connectivity index (χ0v) is 19.2. The topological polar surface area (TPSA) is 117 Å². The minimum atomic E-state index is -0.667. The highest BCUT2D eigenvalue weighted by atomic mass is 35.5. The highest BCUT2D eigenvalue weighted by Gasteiger charge is 2.31. The number of halogens is 1. The second kappa shape index (κ2) is 8.64. The number of hydrogen-bond acceptors (Lipinski definition) is 9. The summed E-state index contributed by atoms with van der Waals surface area (Å²) in [6.45, 7) is 3.75. The van der Waals surface area contributed by atoms with Gasteiger partial charge in [-0.25, -0.2) is 4.99 Å². The molecule has 1 unspecified atom stereocenters. The van der Waals surface area contributed by atoms with Crippen molar-refractivity contribution in [1.82, 2.24) is 20.5 Å². The fourth-order valence-corrected chi connectivity index (χ4v) is 4.31. The molecular formula is C22H18ClN7O2S. The van der Waals surface area contributed by atoms with E-state index in [0.717, 1.165) is 11.1 Å². The van der Waals surface area contributed by atoms with Crippen LogP contribution in [-0.2, 0) is 4.79 Å². The number of hydrogen-bond donors (Lipinski definition) is 3. The van der Waals surface area contributed by atoms with E-state index in [0.29, 0.717) is 38.5 Å². The van der Waals surface area contributed by atoms with Gasteiger partial charge in [0.25, 0.3) is 5.91 Å². The van der Waals surface area contributed by atoms with Crippen molar-refractivity contribution < 1.29 is 9.21 Å². The number of aromatic nitrogens is 3. The van der Waals surface area contributed by atoms with Crippen LogP contribution in [0.15, 0.2) is 68.7 Å². The summed E-state index contributed by atoms with van der Waals surface area (Å²) >= 11 is 7.80. The fourth-order valence-electron chi connectivity index (χ4n) is 3.53. The molecule has 0 fully saturated rings. The lowest BCUT2D eigenvalue weighted by Gasteiger charge is -2.26. The summed E-state index contributed by atoms with van der Waals surface area (Å²) in [7, 11) is 0. The molecule has 4 aromatic rings. The van der Waals surface area contributed by atoms with Gasteiger partial charge < -0.3 is 9.73 Å². The number of nitrogens with zero attached hydrogens (tertiary/aromatic N) is 4. The van der Waals surface area contributed by atoms with Crippen molar-refractivity contribution in [2.45, 2.75) is 19.9 Å². The van der Waals surface area contributed by atoms with Crippen LogP contribution < -0.4 is 16.0 Å². The van der Waals surface area contributed by atoms with Gasteiger partial charge in [-0.1, -0.05) is 47.2 Å². The molecular weight excluding hydrogens is 462 g/mol. The first-order valence-electron chi connectivity index (χ1n) is 9.99.